The van der Waals surface area contributed by atoms with Crippen LogP contribution >= 0.6 is 0 Å². The molecule has 1 N–H and O–H groups in total. The average molecular weight is 133 g/mol. The summed E-state index contributed by atoms with van der Waals surface area (Å²) in [6.07, 6.45) is 10.3. The second-order valence-corrected chi connectivity index (χ2v) is 2.38. The van der Waals surface area contributed by atoms with Crippen molar-refractivity contribution in [3.8, 4) is 0 Å². The van der Waals surface area contributed by atoms with Gasteiger partial charge < -0.3 is 5.32 Å². The smallest absolute Gasteiger partial charge is 0.0821 e. The minimum atomic E-state index is 0.311. The minimum absolute atomic E-state index is 0.311. The number of allylic oxidation sites excluding steroid dienone is 2. The van der Waals surface area contributed by atoms with E-state index in [-0.39, 0.29) is 0 Å². The van der Waals surface area contributed by atoms with E-state index in [4.69, 9.17) is 0 Å². The third kappa shape index (κ3) is 0.866. The van der Waals surface area contributed by atoms with E-state index >= 15 is 0 Å². The van der Waals surface area contributed by atoms with Gasteiger partial charge in [0.1, 0.15) is 0 Å². The summed E-state index contributed by atoms with van der Waals surface area (Å²) in [5.74, 6) is 0. The van der Waals surface area contributed by atoms with Crippen molar-refractivity contribution < 1.29 is 0 Å². The summed E-state index contributed by atoms with van der Waals surface area (Å²) in [6.45, 7) is 0.742. The molecule has 0 saturated heterocycles. The van der Waals surface area contributed by atoms with Gasteiger partial charge in [0.2, 0.25) is 0 Å². The van der Waals surface area contributed by atoms with Gasteiger partial charge in [-0.25, -0.2) is 5.32 Å². The number of rotatable bonds is 0. The molecule has 0 amide bonds. The van der Waals surface area contributed by atoms with Crippen LogP contribution in [0.3, 0.4) is 0 Å². The van der Waals surface area contributed by atoms with Crippen molar-refractivity contribution in [1.82, 2.24) is 10.6 Å². The van der Waals surface area contributed by atoms with E-state index in [1.54, 1.807) is 0 Å². The molecule has 10 heavy (non-hydrogen) atoms. The summed E-state index contributed by atoms with van der Waals surface area (Å²) >= 11 is 0. The highest BCUT2D eigenvalue weighted by Gasteiger charge is 2.13. The molecule has 2 nitrogen and oxygen atoms in total. The van der Waals surface area contributed by atoms with E-state index < -0.39 is 0 Å². The average Bonchev–Trinajstić information content (AvgIpc) is 2.05. The molecule has 51 valence electrons. The number of hydrogen-bond acceptors (Lipinski definition) is 1. The van der Waals surface area contributed by atoms with E-state index in [2.05, 4.69) is 22.8 Å². The van der Waals surface area contributed by atoms with E-state index in [9.17, 15) is 0 Å². The number of hydrogen-bond donors (Lipinski definition) is 1. The van der Waals surface area contributed by atoms with Crippen molar-refractivity contribution in [2.24, 2.45) is 0 Å². The fourth-order valence-electron chi connectivity index (χ4n) is 1.16. The Hall–Kier alpha value is -1.02. The summed E-state index contributed by atoms with van der Waals surface area (Å²) in [7, 11) is 0. The summed E-state index contributed by atoms with van der Waals surface area (Å²) in [5.41, 5.74) is 1.26. The Morgan fingerprint density at radius 3 is 3.40 bits per heavy atom. The topological polar surface area (TPSA) is 26.1 Å². The quantitative estimate of drug-likeness (QED) is 0.512. The molecular weight excluding hydrogens is 124 g/mol. The Morgan fingerprint density at radius 2 is 2.50 bits per heavy atom. The lowest BCUT2D eigenvalue weighted by atomic mass is 10.0. The molecule has 1 radical (unpaired) electrons. The van der Waals surface area contributed by atoms with Gasteiger partial charge in [0, 0.05) is 6.20 Å². The van der Waals surface area contributed by atoms with E-state index in [1.165, 1.54) is 5.57 Å². The minimum Gasteiger partial charge on any atom is -0.377 e. The van der Waals surface area contributed by atoms with Crippen molar-refractivity contribution in [3.05, 3.63) is 36.1 Å². The van der Waals surface area contributed by atoms with Crippen LogP contribution in [0.15, 0.2) is 36.1 Å². The van der Waals surface area contributed by atoms with E-state index in [1.807, 2.05) is 18.4 Å². The summed E-state index contributed by atoms with van der Waals surface area (Å²) in [5, 5.41) is 7.40. The highest BCUT2D eigenvalue weighted by Crippen LogP contribution is 2.12. The fraction of sp³-hybridized carbons (Fsp3) is 0.250. The Kier molecular flexibility index (Phi) is 1.32. The molecule has 0 spiro atoms. The highest BCUT2D eigenvalue weighted by molar-refractivity contribution is 5.36. The first-order chi connectivity index (χ1) is 4.97. The van der Waals surface area contributed by atoms with Gasteiger partial charge in [0.05, 0.1) is 12.7 Å². The molecule has 0 aromatic rings. The first kappa shape index (κ1) is 5.74. The summed E-state index contributed by atoms with van der Waals surface area (Å²) in [4.78, 5) is 0. The maximum Gasteiger partial charge on any atom is 0.0821 e. The first-order valence-electron chi connectivity index (χ1n) is 3.42. The molecular formula is C8H9N2. The lowest BCUT2D eigenvalue weighted by Crippen LogP contribution is -2.34. The van der Waals surface area contributed by atoms with Crippen LogP contribution in [0, 0.1) is 0 Å². The molecule has 1 aliphatic heterocycles. The first-order valence-corrected chi connectivity index (χ1v) is 3.42. The maximum absolute atomic E-state index is 4.33. The van der Waals surface area contributed by atoms with Gasteiger partial charge in [-0.15, -0.1) is 0 Å². The third-order valence-corrected chi connectivity index (χ3v) is 1.68. The predicted molar refractivity (Wildman–Crippen MR) is 40.3 cm³/mol. The molecule has 0 aromatic heterocycles. The Labute approximate surface area is 60.3 Å². The van der Waals surface area contributed by atoms with E-state index in [0.29, 0.717) is 6.04 Å². The molecule has 0 saturated carbocycles. The fourth-order valence-corrected chi connectivity index (χ4v) is 1.16. The van der Waals surface area contributed by atoms with Crippen molar-refractivity contribution in [3.63, 3.8) is 0 Å². The number of nitrogens with zero attached hydrogens (tertiary/aromatic N) is 1. The van der Waals surface area contributed by atoms with Gasteiger partial charge in [-0.1, -0.05) is 24.3 Å². The lowest BCUT2D eigenvalue weighted by Gasteiger charge is -2.21. The van der Waals surface area contributed by atoms with Crippen LogP contribution in [-0.4, -0.2) is 12.7 Å². The SMILES string of the molecule is C1=CC2=CNC[N]C2C=C1. The molecule has 2 rings (SSSR count). The second-order valence-electron chi connectivity index (χ2n) is 2.38. The van der Waals surface area contributed by atoms with Gasteiger partial charge in [-0.2, -0.15) is 0 Å². The van der Waals surface area contributed by atoms with Gasteiger partial charge in [-0.05, 0) is 5.57 Å². The van der Waals surface area contributed by atoms with Crippen LogP contribution in [0.5, 0.6) is 0 Å². The Balaban J connectivity index is 2.27. The van der Waals surface area contributed by atoms with Gasteiger partial charge in [0.25, 0.3) is 0 Å². The molecule has 0 fully saturated rings. The zero-order valence-electron chi connectivity index (χ0n) is 5.62. The molecule has 1 heterocycles. The third-order valence-electron chi connectivity index (χ3n) is 1.68. The largest absolute Gasteiger partial charge is 0.377 e. The number of fused-ring (bicyclic) bond motifs is 1. The van der Waals surface area contributed by atoms with Crippen LogP contribution in [0.4, 0.5) is 0 Å². The van der Waals surface area contributed by atoms with Crippen molar-refractivity contribution in [1.29, 1.82) is 0 Å². The van der Waals surface area contributed by atoms with Gasteiger partial charge >= 0.3 is 0 Å². The maximum atomic E-state index is 4.33. The lowest BCUT2D eigenvalue weighted by molar-refractivity contribution is 0.576. The molecule has 1 aliphatic carbocycles. The Bertz CT molecular complexity index is 213. The van der Waals surface area contributed by atoms with Gasteiger partial charge in [0.15, 0.2) is 0 Å². The molecule has 2 aliphatic rings. The second kappa shape index (κ2) is 2.31. The normalized spacial score (nSPS) is 28.8. The molecule has 2 heteroatoms. The standard InChI is InChI=1S/C8H9N2/c1-2-4-8-7(3-1)5-9-6-10-8/h1-5,8-9H,6H2. The predicted octanol–water partition coefficient (Wildman–Crippen LogP) is 0.530. The molecule has 1 atom stereocenters. The van der Waals surface area contributed by atoms with Crippen molar-refractivity contribution >= 4 is 0 Å². The van der Waals surface area contributed by atoms with Crippen molar-refractivity contribution in [2.75, 3.05) is 6.67 Å². The van der Waals surface area contributed by atoms with Crippen LogP contribution in [0.2, 0.25) is 0 Å². The monoisotopic (exact) mass is 133 g/mol. The van der Waals surface area contributed by atoms with Gasteiger partial charge in [-0.3, -0.25) is 0 Å². The molecule has 1 unspecified atom stereocenters. The zero-order valence-corrected chi connectivity index (χ0v) is 5.62. The molecule has 0 bridgehead atoms. The zero-order chi connectivity index (χ0) is 6.81. The van der Waals surface area contributed by atoms with Crippen molar-refractivity contribution in [2.45, 2.75) is 6.04 Å². The molecule has 0 aromatic carbocycles. The number of nitrogens with one attached hydrogen (secondary N) is 1. The summed E-state index contributed by atoms with van der Waals surface area (Å²) < 4.78 is 0. The van der Waals surface area contributed by atoms with E-state index in [0.717, 1.165) is 6.67 Å². The van der Waals surface area contributed by atoms with Crippen LogP contribution in [0.1, 0.15) is 0 Å². The highest BCUT2D eigenvalue weighted by atomic mass is 15.1. The van der Waals surface area contributed by atoms with Crippen LogP contribution < -0.4 is 10.6 Å². The van der Waals surface area contributed by atoms with Crippen LogP contribution in [0.25, 0.3) is 0 Å². The summed E-state index contributed by atoms with van der Waals surface area (Å²) in [6, 6.07) is 0.311. The van der Waals surface area contributed by atoms with Crippen LogP contribution in [-0.2, 0) is 0 Å². The Morgan fingerprint density at radius 1 is 1.50 bits per heavy atom.